The van der Waals surface area contributed by atoms with Crippen LogP contribution in [-0.4, -0.2) is 34.6 Å². The molecule has 0 aromatic heterocycles. The molecule has 1 N–H and O–H groups in total. The molecule has 1 aromatic carbocycles. The van der Waals surface area contributed by atoms with E-state index >= 15 is 0 Å². The fraction of sp³-hybridized carbons (Fsp3) is 0.562. The monoisotopic (exact) mass is 261 g/mol. The van der Waals surface area contributed by atoms with E-state index in [4.69, 9.17) is 0 Å². The molecule has 0 aliphatic carbocycles. The van der Waals surface area contributed by atoms with Crippen LogP contribution in [0, 0.1) is 13.8 Å². The SMILES string of the molecule is CCCC1(O)CN(C(=O)Cc2ccc(C)c(C)c2)C1. The van der Waals surface area contributed by atoms with E-state index < -0.39 is 5.60 Å². The van der Waals surface area contributed by atoms with Crippen molar-refractivity contribution in [3.8, 4) is 0 Å². The lowest BCUT2D eigenvalue weighted by atomic mass is 9.89. The van der Waals surface area contributed by atoms with Gasteiger partial charge in [0.2, 0.25) is 5.91 Å². The summed E-state index contributed by atoms with van der Waals surface area (Å²) in [5, 5.41) is 10.1. The van der Waals surface area contributed by atoms with Crippen LogP contribution in [-0.2, 0) is 11.2 Å². The molecule has 1 heterocycles. The third-order valence-corrected chi connectivity index (χ3v) is 3.97. The molecule has 104 valence electrons. The van der Waals surface area contributed by atoms with Crippen molar-refractivity contribution in [2.24, 2.45) is 0 Å². The van der Waals surface area contributed by atoms with Gasteiger partial charge in [-0.25, -0.2) is 0 Å². The molecule has 2 rings (SSSR count). The summed E-state index contributed by atoms with van der Waals surface area (Å²) in [5.41, 5.74) is 2.89. The average molecular weight is 261 g/mol. The van der Waals surface area contributed by atoms with E-state index in [1.807, 2.05) is 6.07 Å². The van der Waals surface area contributed by atoms with Gasteiger partial charge in [-0.2, -0.15) is 0 Å². The molecular formula is C16H23NO2. The number of carbonyl (C=O) groups excluding carboxylic acids is 1. The van der Waals surface area contributed by atoms with E-state index in [9.17, 15) is 9.90 Å². The topological polar surface area (TPSA) is 40.5 Å². The molecule has 3 nitrogen and oxygen atoms in total. The zero-order chi connectivity index (χ0) is 14.0. The minimum Gasteiger partial charge on any atom is -0.386 e. The summed E-state index contributed by atoms with van der Waals surface area (Å²) in [6, 6.07) is 6.14. The number of carbonyl (C=O) groups is 1. The number of β-amino-alcohol motifs (C(OH)–C–C–N with tert-alkyl or cyclic N) is 1. The maximum Gasteiger partial charge on any atom is 0.227 e. The van der Waals surface area contributed by atoms with Crippen molar-refractivity contribution < 1.29 is 9.90 Å². The molecule has 3 heteroatoms. The van der Waals surface area contributed by atoms with E-state index in [0.717, 1.165) is 18.4 Å². The van der Waals surface area contributed by atoms with Gasteiger partial charge in [0.05, 0.1) is 25.1 Å². The summed E-state index contributed by atoms with van der Waals surface area (Å²) in [5.74, 6) is 0.115. The first kappa shape index (κ1) is 14.1. The molecule has 0 unspecified atom stereocenters. The number of rotatable bonds is 4. The minimum atomic E-state index is -0.631. The highest BCUT2D eigenvalue weighted by Gasteiger charge is 2.42. The van der Waals surface area contributed by atoms with Gasteiger partial charge >= 0.3 is 0 Å². The number of aryl methyl sites for hydroxylation is 2. The second-order valence-corrected chi connectivity index (χ2v) is 5.82. The van der Waals surface area contributed by atoms with Gasteiger partial charge in [-0.1, -0.05) is 31.5 Å². The number of amides is 1. The molecule has 1 saturated heterocycles. The summed E-state index contributed by atoms with van der Waals surface area (Å²) < 4.78 is 0. The molecule has 0 radical (unpaired) electrons. The normalized spacial score (nSPS) is 17.2. The number of hydrogen-bond acceptors (Lipinski definition) is 2. The Bertz CT molecular complexity index is 476. The standard InChI is InChI=1S/C16H23NO2/c1-4-7-16(19)10-17(11-16)15(18)9-14-6-5-12(2)13(3)8-14/h5-6,8,19H,4,7,9-11H2,1-3H3. The Morgan fingerprint density at radius 2 is 2.00 bits per heavy atom. The molecule has 1 aromatic rings. The molecule has 0 bridgehead atoms. The smallest absolute Gasteiger partial charge is 0.227 e. The van der Waals surface area contributed by atoms with Gasteiger partial charge < -0.3 is 10.0 Å². The molecule has 0 saturated carbocycles. The summed E-state index contributed by atoms with van der Waals surface area (Å²) in [4.78, 5) is 13.9. The summed E-state index contributed by atoms with van der Waals surface area (Å²) in [6.45, 7) is 7.17. The van der Waals surface area contributed by atoms with Crippen LogP contribution in [0.5, 0.6) is 0 Å². The van der Waals surface area contributed by atoms with Gasteiger partial charge in [-0.05, 0) is 37.0 Å². The van der Waals surface area contributed by atoms with E-state index in [1.54, 1.807) is 4.90 Å². The lowest BCUT2D eigenvalue weighted by molar-refractivity contribution is -0.155. The second kappa shape index (κ2) is 5.33. The Labute approximate surface area is 115 Å². The van der Waals surface area contributed by atoms with Crippen LogP contribution >= 0.6 is 0 Å². The Morgan fingerprint density at radius 3 is 2.58 bits per heavy atom. The third kappa shape index (κ3) is 3.16. The van der Waals surface area contributed by atoms with Crippen molar-refractivity contribution >= 4 is 5.91 Å². The number of likely N-dealkylation sites (tertiary alicyclic amines) is 1. The second-order valence-electron chi connectivity index (χ2n) is 5.82. The quantitative estimate of drug-likeness (QED) is 0.903. The number of hydrogen-bond donors (Lipinski definition) is 1. The molecule has 0 spiro atoms. The molecule has 1 fully saturated rings. The lowest BCUT2D eigenvalue weighted by Crippen LogP contribution is -2.63. The van der Waals surface area contributed by atoms with Crippen LogP contribution in [0.2, 0.25) is 0 Å². The summed E-state index contributed by atoms with van der Waals surface area (Å²) in [7, 11) is 0. The Kier molecular flexibility index (Phi) is 3.95. The van der Waals surface area contributed by atoms with Crippen LogP contribution in [0.3, 0.4) is 0 Å². The summed E-state index contributed by atoms with van der Waals surface area (Å²) in [6.07, 6.45) is 2.17. The number of nitrogens with zero attached hydrogens (tertiary/aromatic N) is 1. The molecule has 1 aliphatic heterocycles. The zero-order valence-electron chi connectivity index (χ0n) is 12.1. The highest BCUT2D eigenvalue weighted by atomic mass is 16.3. The minimum absolute atomic E-state index is 0.115. The van der Waals surface area contributed by atoms with Gasteiger partial charge in [0, 0.05) is 0 Å². The van der Waals surface area contributed by atoms with Gasteiger partial charge in [0.25, 0.3) is 0 Å². The zero-order valence-corrected chi connectivity index (χ0v) is 12.1. The highest BCUT2D eigenvalue weighted by molar-refractivity contribution is 5.80. The van der Waals surface area contributed by atoms with Crippen molar-refractivity contribution in [1.29, 1.82) is 0 Å². The van der Waals surface area contributed by atoms with Crippen LogP contribution in [0.4, 0.5) is 0 Å². The Morgan fingerprint density at radius 1 is 1.32 bits per heavy atom. The van der Waals surface area contributed by atoms with Gasteiger partial charge in [0.15, 0.2) is 0 Å². The van der Waals surface area contributed by atoms with Gasteiger partial charge in [0.1, 0.15) is 0 Å². The maximum absolute atomic E-state index is 12.1. The van der Waals surface area contributed by atoms with E-state index in [1.165, 1.54) is 11.1 Å². The lowest BCUT2D eigenvalue weighted by Gasteiger charge is -2.46. The van der Waals surface area contributed by atoms with Crippen LogP contribution < -0.4 is 0 Å². The third-order valence-electron chi connectivity index (χ3n) is 3.97. The van der Waals surface area contributed by atoms with Gasteiger partial charge in [-0.3, -0.25) is 4.79 Å². The number of aliphatic hydroxyl groups is 1. The molecule has 0 atom stereocenters. The van der Waals surface area contributed by atoms with Crippen molar-refractivity contribution in [2.45, 2.75) is 45.6 Å². The fourth-order valence-electron chi connectivity index (χ4n) is 2.66. The fourth-order valence-corrected chi connectivity index (χ4v) is 2.66. The molecule has 1 amide bonds. The predicted molar refractivity (Wildman–Crippen MR) is 76.1 cm³/mol. The number of benzene rings is 1. The summed E-state index contributed by atoms with van der Waals surface area (Å²) >= 11 is 0. The Balaban J connectivity index is 1.91. The first-order valence-electron chi connectivity index (χ1n) is 7.00. The van der Waals surface area contributed by atoms with Crippen molar-refractivity contribution in [3.05, 3.63) is 34.9 Å². The van der Waals surface area contributed by atoms with Crippen LogP contribution in [0.15, 0.2) is 18.2 Å². The van der Waals surface area contributed by atoms with Crippen molar-refractivity contribution in [2.75, 3.05) is 13.1 Å². The van der Waals surface area contributed by atoms with Crippen LogP contribution in [0.1, 0.15) is 36.5 Å². The van der Waals surface area contributed by atoms with Crippen molar-refractivity contribution in [1.82, 2.24) is 4.90 Å². The first-order valence-corrected chi connectivity index (χ1v) is 7.00. The average Bonchev–Trinajstić information content (AvgIpc) is 2.31. The predicted octanol–water partition coefficient (Wildman–Crippen LogP) is 2.22. The Hall–Kier alpha value is -1.35. The van der Waals surface area contributed by atoms with Crippen molar-refractivity contribution in [3.63, 3.8) is 0 Å². The van der Waals surface area contributed by atoms with Crippen LogP contribution in [0.25, 0.3) is 0 Å². The molecule has 19 heavy (non-hydrogen) atoms. The first-order chi connectivity index (χ1) is 8.93. The molecule has 1 aliphatic rings. The molecular weight excluding hydrogens is 238 g/mol. The van der Waals surface area contributed by atoms with E-state index in [2.05, 4.69) is 32.9 Å². The highest BCUT2D eigenvalue weighted by Crippen LogP contribution is 2.26. The maximum atomic E-state index is 12.1. The van der Waals surface area contributed by atoms with E-state index in [-0.39, 0.29) is 5.91 Å². The van der Waals surface area contributed by atoms with E-state index in [0.29, 0.717) is 19.5 Å². The largest absolute Gasteiger partial charge is 0.386 e. The van der Waals surface area contributed by atoms with Gasteiger partial charge in [-0.15, -0.1) is 0 Å².